The number of nitrogens with two attached hydrogens (primary N) is 1. The van der Waals surface area contributed by atoms with Crippen molar-refractivity contribution in [2.45, 2.75) is 76.2 Å². The van der Waals surface area contributed by atoms with Crippen LogP contribution < -0.4 is 15.2 Å². The summed E-state index contributed by atoms with van der Waals surface area (Å²) < 4.78 is 30.3. The first kappa shape index (κ1) is 22.1. The molecule has 2 unspecified atom stereocenters. The number of rotatable bonds is 5. The minimum absolute atomic E-state index is 0.0238. The normalized spacial score (nSPS) is 32.6. The molecule has 0 radical (unpaired) electrons. The van der Waals surface area contributed by atoms with E-state index in [-0.39, 0.29) is 17.9 Å². The Morgan fingerprint density at radius 1 is 1.26 bits per heavy atom. The number of sulfonamides is 1. The fraction of sp³-hybridized carbons (Fsp3) is 0.652. The fourth-order valence-corrected chi connectivity index (χ4v) is 7.62. The Hall–Kier alpha value is -2.11. The molecule has 0 spiro atoms. The molecule has 0 aliphatic heterocycles. The molecule has 4 bridgehead atoms. The lowest BCUT2D eigenvalue weighted by molar-refractivity contribution is 0.0138. The van der Waals surface area contributed by atoms with Crippen LogP contribution in [0.5, 0.6) is 5.75 Å². The molecule has 1 aromatic carbocycles. The molecule has 4 fully saturated rings. The Kier molecular flexibility index (Phi) is 5.34. The second-order valence-electron chi connectivity index (χ2n) is 10.3. The third kappa shape index (κ3) is 3.94. The van der Waals surface area contributed by atoms with Gasteiger partial charge in [-0.2, -0.15) is 5.26 Å². The van der Waals surface area contributed by atoms with Crippen LogP contribution in [-0.2, 0) is 10.0 Å². The minimum Gasteiger partial charge on any atom is -0.480 e. The van der Waals surface area contributed by atoms with E-state index < -0.39 is 20.4 Å². The summed E-state index contributed by atoms with van der Waals surface area (Å²) in [7, 11) is -3.60. The third-order valence-electron chi connectivity index (χ3n) is 7.49. The molecule has 31 heavy (non-hydrogen) atoms. The maximum Gasteiger partial charge on any atom is 0.214 e. The number of amidine groups is 1. The van der Waals surface area contributed by atoms with Crippen LogP contribution in [0.2, 0.25) is 0 Å². The van der Waals surface area contributed by atoms with E-state index >= 15 is 0 Å². The van der Waals surface area contributed by atoms with Crippen molar-refractivity contribution < 1.29 is 13.2 Å². The largest absolute Gasteiger partial charge is 0.480 e. The van der Waals surface area contributed by atoms with Gasteiger partial charge in [0.15, 0.2) is 17.6 Å². The molecule has 2 atom stereocenters. The van der Waals surface area contributed by atoms with Crippen LogP contribution in [0.4, 0.5) is 0 Å². The molecular weight excluding hydrogens is 412 g/mol. The zero-order valence-electron chi connectivity index (χ0n) is 18.7. The molecule has 1 aromatic rings. The number of nitrogens with one attached hydrogen (secondary N) is 1. The Labute approximate surface area is 185 Å². The number of hydrogen-bond acceptors (Lipinski definition) is 5. The summed E-state index contributed by atoms with van der Waals surface area (Å²) in [5, 5.41) is 17.8. The zero-order chi connectivity index (χ0) is 22.6. The van der Waals surface area contributed by atoms with Gasteiger partial charge in [0.2, 0.25) is 10.0 Å². The first-order valence-electron chi connectivity index (χ1n) is 11.0. The zero-order valence-corrected chi connectivity index (χ0v) is 19.5. The van der Waals surface area contributed by atoms with E-state index in [1.807, 2.05) is 46.0 Å². The van der Waals surface area contributed by atoms with Crippen molar-refractivity contribution in [3.8, 4) is 11.9 Å². The van der Waals surface area contributed by atoms with Gasteiger partial charge < -0.3 is 4.74 Å². The van der Waals surface area contributed by atoms with Gasteiger partial charge in [0.1, 0.15) is 5.75 Å². The third-order valence-corrected chi connectivity index (χ3v) is 9.20. The van der Waals surface area contributed by atoms with Gasteiger partial charge in [-0.1, -0.05) is 17.7 Å². The fourth-order valence-electron chi connectivity index (χ4n) is 6.26. The quantitative estimate of drug-likeness (QED) is 0.313. The van der Waals surface area contributed by atoms with Crippen LogP contribution in [0, 0.1) is 43.1 Å². The van der Waals surface area contributed by atoms with Gasteiger partial charge in [0, 0.05) is 0 Å². The number of primary sulfonamides is 1. The van der Waals surface area contributed by atoms with Gasteiger partial charge in [-0.15, -0.1) is 0 Å². The molecule has 0 aromatic heterocycles. The summed E-state index contributed by atoms with van der Waals surface area (Å²) in [6.07, 6.45) is 5.76. The predicted octanol–water partition coefficient (Wildman–Crippen LogP) is 3.17. The van der Waals surface area contributed by atoms with Gasteiger partial charge >= 0.3 is 0 Å². The van der Waals surface area contributed by atoms with E-state index in [4.69, 9.17) is 14.9 Å². The number of nitrogens with zero attached hydrogens (tertiary/aromatic N) is 2. The lowest BCUT2D eigenvalue weighted by atomic mass is 9.54. The van der Waals surface area contributed by atoms with E-state index in [2.05, 4.69) is 11.4 Å². The van der Waals surface area contributed by atoms with Crippen LogP contribution in [0.15, 0.2) is 23.2 Å². The minimum atomic E-state index is -3.60. The van der Waals surface area contributed by atoms with Gasteiger partial charge in [-0.3, -0.25) is 10.3 Å². The highest BCUT2D eigenvalue weighted by Gasteiger charge is 2.60. The first-order valence-corrected chi connectivity index (χ1v) is 12.5. The standard InChI is InChI=1S/C23H32N4O3S/c1-14-5-6-19(15(2)7-14)30-22(3,4)21(26-13-24)27-20-17-8-16-9-18(20)12-23(10-16,11-17)31(25,28)29/h5-7,16-18,20H,8-12H2,1-4H3,(H,26,27)(H2,25,28,29). The number of nitriles is 1. The van der Waals surface area contributed by atoms with Crippen molar-refractivity contribution in [1.29, 1.82) is 5.26 Å². The molecule has 0 saturated heterocycles. The highest BCUT2D eigenvalue weighted by Crippen LogP contribution is 2.59. The van der Waals surface area contributed by atoms with Crippen LogP contribution in [0.3, 0.4) is 0 Å². The molecule has 0 amide bonds. The number of ether oxygens (including phenoxy) is 1. The monoisotopic (exact) mass is 444 g/mol. The Balaban J connectivity index is 1.63. The Bertz CT molecular complexity index is 1040. The van der Waals surface area contributed by atoms with E-state index in [0.717, 1.165) is 29.7 Å². The average Bonchev–Trinajstić information content (AvgIpc) is 2.64. The number of aryl methyl sites for hydroxylation is 2. The lowest BCUT2D eigenvalue weighted by Crippen LogP contribution is -2.61. The first-order chi connectivity index (χ1) is 14.4. The van der Waals surface area contributed by atoms with Crippen molar-refractivity contribution in [3.05, 3.63) is 29.3 Å². The van der Waals surface area contributed by atoms with Crippen LogP contribution in [0.1, 0.15) is 57.1 Å². The molecule has 4 aliphatic carbocycles. The predicted molar refractivity (Wildman–Crippen MR) is 120 cm³/mol. The number of benzene rings is 1. The lowest BCUT2D eigenvalue weighted by Gasteiger charge is -2.57. The molecule has 3 N–H and O–H groups in total. The highest BCUT2D eigenvalue weighted by molar-refractivity contribution is 7.90. The summed E-state index contributed by atoms with van der Waals surface area (Å²) in [5.41, 5.74) is 1.33. The molecule has 8 heteroatoms. The summed E-state index contributed by atoms with van der Waals surface area (Å²) >= 11 is 0. The van der Waals surface area contributed by atoms with Crippen molar-refractivity contribution in [2.75, 3.05) is 0 Å². The van der Waals surface area contributed by atoms with Crippen molar-refractivity contribution in [2.24, 2.45) is 27.9 Å². The number of hydrogen-bond donors (Lipinski definition) is 2. The topological polar surface area (TPSA) is 118 Å². The van der Waals surface area contributed by atoms with Crippen LogP contribution in [-0.4, -0.2) is 30.6 Å². The van der Waals surface area contributed by atoms with Crippen LogP contribution >= 0.6 is 0 Å². The molecule has 0 heterocycles. The van der Waals surface area contributed by atoms with Crippen molar-refractivity contribution in [3.63, 3.8) is 0 Å². The van der Waals surface area contributed by atoms with E-state index in [1.54, 1.807) is 0 Å². The van der Waals surface area contributed by atoms with Gasteiger partial charge in [-0.05, 0) is 89.2 Å². The van der Waals surface area contributed by atoms with Crippen molar-refractivity contribution >= 4 is 15.9 Å². The molecular formula is C23H32N4O3S. The van der Waals surface area contributed by atoms with E-state index in [1.165, 1.54) is 0 Å². The van der Waals surface area contributed by atoms with Crippen molar-refractivity contribution in [1.82, 2.24) is 5.32 Å². The number of aliphatic imine (C=N–C) groups is 1. The molecule has 4 aliphatic rings. The van der Waals surface area contributed by atoms with Gasteiger partial charge in [0.25, 0.3) is 0 Å². The maximum atomic E-state index is 12.4. The molecule has 168 valence electrons. The molecule has 7 nitrogen and oxygen atoms in total. The van der Waals surface area contributed by atoms with Gasteiger partial charge in [0.05, 0.1) is 10.8 Å². The summed E-state index contributed by atoms with van der Waals surface area (Å²) in [4.78, 5) is 5.02. The van der Waals surface area contributed by atoms with Crippen LogP contribution in [0.25, 0.3) is 0 Å². The summed E-state index contributed by atoms with van der Waals surface area (Å²) in [6.45, 7) is 7.83. The van der Waals surface area contributed by atoms with E-state index in [0.29, 0.717) is 31.0 Å². The maximum absolute atomic E-state index is 12.4. The second-order valence-corrected chi connectivity index (χ2v) is 12.2. The summed E-state index contributed by atoms with van der Waals surface area (Å²) in [5.74, 6) is 1.96. The van der Waals surface area contributed by atoms with E-state index in [9.17, 15) is 13.7 Å². The summed E-state index contributed by atoms with van der Waals surface area (Å²) in [6, 6.07) is 5.97. The highest BCUT2D eigenvalue weighted by atomic mass is 32.2. The smallest absolute Gasteiger partial charge is 0.214 e. The Morgan fingerprint density at radius 3 is 2.45 bits per heavy atom. The molecule has 5 rings (SSSR count). The average molecular weight is 445 g/mol. The van der Waals surface area contributed by atoms with Gasteiger partial charge in [-0.25, -0.2) is 13.6 Å². The second kappa shape index (κ2) is 7.49. The SMILES string of the molecule is Cc1ccc(OC(C)(C)C(=NC2C3CC4CC2CC(S(N)(=O)=O)(C4)C3)NC#N)c(C)c1. The molecule has 4 saturated carbocycles. The Morgan fingerprint density at radius 2 is 1.90 bits per heavy atom.